The first-order valence-corrected chi connectivity index (χ1v) is 2.34. The number of hydrogen-bond acceptors (Lipinski definition) is 2. The molecule has 42 valence electrons. The summed E-state index contributed by atoms with van der Waals surface area (Å²) in [4.78, 5) is 9.89. The molecule has 0 aliphatic rings. The van der Waals surface area contributed by atoms with Gasteiger partial charge in [0, 0.05) is 18.0 Å². The van der Waals surface area contributed by atoms with Gasteiger partial charge in [-0.05, 0) is 6.07 Å². The van der Waals surface area contributed by atoms with Crippen molar-refractivity contribution in [1.29, 1.82) is 0 Å². The third kappa shape index (κ3) is 0.869. The predicted octanol–water partition coefficient (Wildman–Crippen LogP) is 0.698. The molecule has 0 spiro atoms. The summed E-state index contributed by atoms with van der Waals surface area (Å²) >= 11 is 5.29. The zero-order chi connectivity index (χ0) is 5.98. The fourth-order valence-electron chi connectivity index (χ4n) is 0.378. The lowest BCUT2D eigenvalue weighted by atomic mass is 10.5. The second kappa shape index (κ2) is 1.96. The standard InChI is InChI=1S/C4H3ClN2O/c5-7-2-1-4(3-8)6-7/h1-3H. The fourth-order valence-corrected chi connectivity index (χ4v) is 0.521. The van der Waals surface area contributed by atoms with Crippen molar-refractivity contribution in [2.24, 2.45) is 0 Å². The Morgan fingerprint density at radius 3 is 2.88 bits per heavy atom. The van der Waals surface area contributed by atoms with Crippen LogP contribution in [0.5, 0.6) is 0 Å². The van der Waals surface area contributed by atoms with Crippen LogP contribution in [-0.2, 0) is 0 Å². The second-order valence-electron chi connectivity index (χ2n) is 1.25. The van der Waals surface area contributed by atoms with E-state index in [1.165, 1.54) is 12.3 Å². The molecular weight excluding hydrogens is 128 g/mol. The number of halogens is 1. The maximum atomic E-state index is 9.89. The van der Waals surface area contributed by atoms with E-state index in [2.05, 4.69) is 5.10 Å². The molecular formula is C4H3ClN2O. The van der Waals surface area contributed by atoms with Gasteiger partial charge in [-0.2, -0.15) is 9.30 Å². The highest BCUT2D eigenvalue weighted by Crippen LogP contribution is 1.91. The third-order valence-corrected chi connectivity index (χ3v) is 0.888. The van der Waals surface area contributed by atoms with Crippen LogP contribution in [0, 0.1) is 0 Å². The monoisotopic (exact) mass is 130 g/mol. The first-order chi connectivity index (χ1) is 3.83. The summed E-state index contributed by atoms with van der Waals surface area (Å²) in [5.41, 5.74) is 0.347. The number of aromatic nitrogens is 2. The lowest BCUT2D eigenvalue weighted by Crippen LogP contribution is -1.82. The van der Waals surface area contributed by atoms with Crippen molar-refractivity contribution in [2.45, 2.75) is 0 Å². The highest BCUT2D eigenvalue weighted by molar-refractivity contribution is 6.14. The van der Waals surface area contributed by atoms with Crippen LogP contribution < -0.4 is 0 Å². The molecule has 0 bridgehead atoms. The van der Waals surface area contributed by atoms with Crippen molar-refractivity contribution in [3.63, 3.8) is 0 Å². The second-order valence-corrected chi connectivity index (χ2v) is 1.59. The largest absolute Gasteiger partial charge is 0.296 e. The minimum atomic E-state index is 0.347. The quantitative estimate of drug-likeness (QED) is 0.525. The predicted molar refractivity (Wildman–Crippen MR) is 28.9 cm³/mol. The van der Waals surface area contributed by atoms with Crippen LogP contribution in [0.25, 0.3) is 0 Å². The maximum absolute atomic E-state index is 9.89. The lowest BCUT2D eigenvalue weighted by molar-refractivity contribution is 0.111. The zero-order valence-corrected chi connectivity index (χ0v) is 4.67. The Morgan fingerprint density at radius 2 is 2.62 bits per heavy atom. The summed E-state index contributed by atoms with van der Waals surface area (Å²) in [6.45, 7) is 0. The van der Waals surface area contributed by atoms with Gasteiger partial charge in [0.1, 0.15) is 5.69 Å². The summed E-state index contributed by atoms with van der Waals surface area (Å²) in [5, 5.41) is 3.54. The number of rotatable bonds is 1. The van der Waals surface area contributed by atoms with Crippen LogP contribution in [0.4, 0.5) is 0 Å². The smallest absolute Gasteiger partial charge is 0.170 e. The summed E-state index contributed by atoms with van der Waals surface area (Å²) < 4.78 is 1.06. The van der Waals surface area contributed by atoms with Crippen molar-refractivity contribution in [2.75, 3.05) is 0 Å². The van der Waals surface area contributed by atoms with E-state index in [9.17, 15) is 4.79 Å². The summed E-state index contributed by atoms with van der Waals surface area (Å²) in [6, 6.07) is 1.53. The highest BCUT2D eigenvalue weighted by atomic mass is 35.5. The van der Waals surface area contributed by atoms with Crippen molar-refractivity contribution in [3.05, 3.63) is 18.0 Å². The normalized spacial score (nSPS) is 9.12. The Morgan fingerprint density at radius 1 is 1.88 bits per heavy atom. The molecule has 1 aromatic heterocycles. The van der Waals surface area contributed by atoms with Crippen LogP contribution >= 0.6 is 11.8 Å². The fraction of sp³-hybridized carbons (Fsp3) is 0. The number of carbonyl (C=O) groups is 1. The lowest BCUT2D eigenvalue weighted by Gasteiger charge is -1.75. The van der Waals surface area contributed by atoms with E-state index in [4.69, 9.17) is 11.8 Å². The van der Waals surface area contributed by atoms with Crippen molar-refractivity contribution >= 4 is 18.1 Å². The maximum Gasteiger partial charge on any atom is 0.170 e. The van der Waals surface area contributed by atoms with E-state index in [1.54, 1.807) is 0 Å². The van der Waals surface area contributed by atoms with Gasteiger partial charge in [-0.15, -0.1) is 0 Å². The van der Waals surface area contributed by atoms with Gasteiger partial charge >= 0.3 is 0 Å². The van der Waals surface area contributed by atoms with E-state index < -0.39 is 0 Å². The van der Waals surface area contributed by atoms with Gasteiger partial charge in [0.15, 0.2) is 6.29 Å². The molecule has 0 radical (unpaired) electrons. The molecule has 3 nitrogen and oxygen atoms in total. The van der Waals surface area contributed by atoms with Gasteiger partial charge in [0.25, 0.3) is 0 Å². The van der Waals surface area contributed by atoms with E-state index in [1.807, 2.05) is 0 Å². The molecule has 0 N–H and O–H groups in total. The molecule has 1 rings (SSSR count). The van der Waals surface area contributed by atoms with Crippen LogP contribution in [0.2, 0.25) is 0 Å². The minimum absolute atomic E-state index is 0.347. The molecule has 0 saturated carbocycles. The molecule has 1 aromatic rings. The molecule has 0 amide bonds. The Balaban J connectivity index is 3.00. The van der Waals surface area contributed by atoms with Crippen molar-refractivity contribution in [1.82, 2.24) is 9.30 Å². The van der Waals surface area contributed by atoms with E-state index >= 15 is 0 Å². The number of hydrogen-bond donors (Lipinski definition) is 0. The average Bonchev–Trinajstić information content (AvgIpc) is 2.14. The van der Waals surface area contributed by atoms with Crippen LogP contribution in [-0.4, -0.2) is 15.6 Å². The topological polar surface area (TPSA) is 34.9 Å². The molecule has 0 aromatic carbocycles. The zero-order valence-electron chi connectivity index (χ0n) is 3.91. The number of nitrogens with zero attached hydrogens (tertiary/aromatic N) is 2. The van der Waals surface area contributed by atoms with E-state index in [-0.39, 0.29) is 0 Å². The molecule has 1 heterocycles. The minimum Gasteiger partial charge on any atom is -0.296 e. The third-order valence-electron chi connectivity index (χ3n) is 0.700. The molecule has 0 atom stereocenters. The summed E-state index contributed by atoms with van der Waals surface area (Å²) in [7, 11) is 0. The average molecular weight is 131 g/mol. The highest BCUT2D eigenvalue weighted by Gasteiger charge is 1.90. The van der Waals surface area contributed by atoms with Gasteiger partial charge in [0.2, 0.25) is 0 Å². The van der Waals surface area contributed by atoms with Crippen molar-refractivity contribution in [3.8, 4) is 0 Å². The first-order valence-electron chi connectivity index (χ1n) is 2.00. The molecule has 0 fully saturated rings. The Labute approximate surface area is 51.0 Å². The van der Waals surface area contributed by atoms with Crippen LogP contribution in [0.3, 0.4) is 0 Å². The van der Waals surface area contributed by atoms with Gasteiger partial charge in [0.05, 0.1) is 0 Å². The number of carbonyl (C=O) groups excluding carboxylic acids is 1. The van der Waals surface area contributed by atoms with Gasteiger partial charge < -0.3 is 0 Å². The molecule has 4 heteroatoms. The van der Waals surface area contributed by atoms with E-state index in [0.29, 0.717) is 12.0 Å². The number of aldehydes is 1. The SMILES string of the molecule is O=Cc1ccn(Cl)n1. The summed E-state index contributed by atoms with van der Waals surface area (Å²) in [6.07, 6.45) is 2.13. The van der Waals surface area contributed by atoms with Gasteiger partial charge in [-0.3, -0.25) is 4.79 Å². The van der Waals surface area contributed by atoms with E-state index in [0.717, 1.165) is 4.20 Å². The molecule has 0 saturated heterocycles. The van der Waals surface area contributed by atoms with Gasteiger partial charge in [-0.1, -0.05) is 0 Å². The first kappa shape index (κ1) is 5.31. The Bertz CT molecular complexity index is 196. The molecule has 0 aliphatic carbocycles. The van der Waals surface area contributed by atoms with Crippen LogP contribution in [0.15, 0.2) is 12.3 Å². The molecule has 0 aliphatic heterocycles. The summed E-state index contributed by atoms with van der Waals surface area (Å²) in [5.74, 6) is 0. The van der Waals surface area contributed by atoms with Crippen molar-refractivity contribution < 1.29 is 4.79 Å². The molecule has 8 heavy (non-hydrogen) atoms. The molecule has 0 unspecified atom stereocenters. The van der Waals surface area contributed by atoms with Crippen LogP contribution in [0.1, 0.15) is 10.5 Å². The Kier molecular flexibility index (Phi) is 1.30. The van der Waals surface area contributed by atoms with Gasteiger partial charge in [-0.25, -0.2) is 0 Å². The Hall–Kier alpha value is -0.830.